The molecule has 0 saturated heterocycles. The molecule has 0 radical (unpaired) electrons. The van der Waals surface area contributed by atoms with E-state index in [2.05, 4.69) is 14.7 Å². The third-order valence-electron chi connectivity index (χ3n) is 2.12. The summed E-state index contributed by atoms with van der Waals surface area (Å²) in [5.41, 5.74) is 0. The van der Waals surface area contributed by atoms with Crippen LogP contribution in [0, 0.1) is 5.92 Å². The van der Waals surface area contributed by atoms with Crippen LogP contribution in [0.25, 0.3) is 0 Å². The van der Waals surface area contributed by atoms with Crippen LogP contribution in [0.2, 0.25) is 0 Å². The highest BCUT2D eigenvalue weighted by Crippen LogP contribution is 2.25. The van der Waals surface area contributed by atoms with Crippen molar-refractivity contribution in [2.75, 3.05) is 7.11 Å². The van der Waals surface area contributed by atoms with Crippen LogP contribution in [-0.4, -0.2) is 28.3 Å². The Morgan fingerprint density at radius 3 is 2.73 bits per heavy atom. The van der Waals surface area contributed by atoms with Crippen LogP contribution >= 0.6 is 11.8 Å². The average Bonchev–Trinajstić information content (AvgIpc) is 2.28. The van der Waals surface area contributed by atoms with E-state index in [0.717, 1.165) is 5.03 Å². The summed E-state index contributed by atoms with van der Waals surface area (Å²) in [7, 11) is 1.40. The lowest BCUT2D eigenvalue weighted by atomic mass is 10.1. The highest BCUT2D eigenvalue weighted by atomic mass is 32.2. The molecule has 2 atom stereocenters. The summed E-state index contributed by atoms with van der Waals surface area (Å²) in [4.78, 5) is 19.4. The molecule has 0 saturated carbocycles. The Kier molecular flexibility index (Phi) is 4.55. The Morgan fingerprint density at radius 2 is 2.20 bits per heavy atom. The number of rotatable bonds is 4. The molecule has 0 aliphatic rings. The van der Waals surface area contributed by atoms with Gasteiger partial charge in [-0.3, -0.25) is 9.78 Å². The second kappa shape index (κ2) is 5.70. The molecule has 2 unspecified atom stereocenters. The van der Waals surface area contributed by atoms with Gasteiger partial charge in [-0.25, -0.2) is 4.98 Å². The minimum Gasteiger partial charge on any atom is -0.469 e. The van der Waals surface area contributed by atoms with Crippen LogP contribution in [0.3, 0.4) is 0 Å². The number of carbonyl (C=O) groups is 1. The molecule has 1 aromatic heterocycles. The molecule has 0 fully saturated rings. The molecule has 82 valence electrons. The predicted octanol–water partition coefficient (Wildman–Crippen LogP) is 1.77. The number of ether oxygens (including phenoxy) is 1. The maximum atomic E-state index is 11.3. The van der Waals surface area contributed by atoms with Gasteiger partial charge in [-0.05, 0) is 0 Å². The van der Waals surface area contributed by atoms with Crippen molar-refractivity contribution in [3.63, 3.8) is 0 Å². The monoisotopic (exact) mass is 226 g/mol. The normalized spacial score (nSPS) is 14.3. The Bertz CT molecular complexity index is 318. The van der Waals surface area contributed by atoms with E-state index >= 15 is 0 Å². The number of thioether (sulfide) groups is 1. The van der Waals surface area contributed by atoms with Crippen molar-refractivity contribution in [1.82, 2.24) is 9.97 Å². The molecule has 0 aliphatic carbocycles. The van der Waals surface area contributed by atoms with E-state index < -0.39 is 0 Å². The Labute approximate surface area is 93.5 Å². The summed E-state index contributed by atoms with van der Waals surface area (Å²) in [5.74, 6) is -0.346. The zero-order valence-corrected chi connectivity index (χ0v) is 9.82. The van der Waals surface area contributed by atoms with E-state index in [4.69, 9.17) is 0 Å². The Balaban J connectivity index is 2.56. The number of carbonyl (C=O) groups excluding carboxylic acids is 1. The van der Waals surface area contributed by atoms with Gasteiger partial charge in [0.1, 0.15) is 5.03 Å². The maximum absolute atomic E-state index is 11.3. The Hall–Kier alpha value is -1.10. The third-order valence-corrected chi connectivity index (χ3v) is 3.36. The molecule has 0 bridgehead atoms. The van der Waals surface area contributed by atoms with Crippen molar-refractivity contribution in [1.29, 1.82) is 0 Å². The highest BCUT2D eigenvalue weighted by molar-refractivity contribution is 7.99. The van der Waals surface area contributed by atoms with Gasteiger partial charge in [0.2, 0.25) is 0 Å². The van der Waals surface area contributed by atoms with Crippen LogP contribution in [0.4, 0.5) is 0 Å². The number of nitrogens with zero attached hydrogens (tertiary/aromatic N) is 2. The van der Waals surface area contributed by atoms with Gasteiger partial charge in [-0.2, -0.15) is 0 Å². The molecule has 4 nitrogen and oxygen atoms in total. The second-order valence-electron chi connectivity index (χ2n) is 3.18. The van der Waals surface area contributed by atoms with E-state index in [1.807, 2.05) is 13.8 Å². The lowest BCUT2D eigenvalue weighted by molar-refractivity contribution is -0.144. The van der Waals surface area contributed by atoms with Crippen LogP contribution in [0.5, 0.6) is 0 Å². The van der Waals surface area contributed by atoms with Gasteiger partial charge in [0.25, 0.3) is 0 Å². The maximum Gasteiger partial charge on any atom is 0.309 e. The second-order valence-corrected chi connectivity index (χ2v) is 4.58. The first kappa shape index (κ1) is 12.0. The van der Waals surface area contributed by atoms with Gasteiger partial charge >= 0.3 is 5.97 Å². The van der Waals surface area contributed by atoms with Crippen LogP contribution in [0.15, 0.2) is 23.6 Å². The molecule has 15 heavy (non-hydrogen) atoms. The molecule has 0 amide bonds. The first-order valence-electron chi connectivity index (χ1n) is 4.65. The molecule has 0 aliphatic heterocycles. The zero-order chi connectivity index (χ0) is 11.3. The van der Waals surface area contributed by atoms with E-state index in [1.165, 1.54) is 18.9 Å². The lowest BCUT2D eigenvalue weighted by Gasteiger charge is -2.16. The molecule has 0 spiro atoms. The van der Waals surface area contributed by atoms with Crippen molar-refractivity contribution in [2.24, 2.45) is 5.92 Å². The number of hydrogen-bond donors (Lipinski definition) is 0. The minimum absolute atomic E-state index is 0.120. The molecule has 0 N–H and O–H groups in total. The SMILES string of the molecule is COC(=O)C(C)C(C)Sc1cnccn1. The van der Waals surface area contributed by atoms with Crippen molar-refractivity contribution < 1.29 is 9.53 Å². The summed E-state index contributed by atoms with van der Waals surface area (Å²) >= 11 is 1.52. The fourth-order valence-electron chi connectivity index (χ4n) is 1.02. The van der Waals surface area contributed by atoms with E-state index in [-0.39, 0.29) is 17.1 Å². The summed E-state index contributed by atoms with van der Waals surface area (Å²) in [6.45, 7) is 3.82. The van der Waals surface area contributed by atoms with E-state index in [1.54, 1.807) is 18.6 Å². The summed E-state index contributed by atoms with van der Waals surface area (Å²) in [6, 6.07) is 0. The molecule has 0 aromatic carbocycles. The minimum atomic E-state index is -0.195. The average molecular weight is 226 g/mol. The fourth-order valence-corrected chi connectivity index (χ4v) is 1.96. The van der Waals surface area contributed by atoms with Gasteiger partial charge in [0.05, 0.1) is 19.2 Å². The quantitative estimate of drug-likeness (QED) is 0.578. The molecular weight excluding hydrogens is 212 g/mol. The fraction of sp³-hybridized carbons (Fsp3) is 0.500. The molecule has 1 aromatic rings. The predicted molar refractivity (Wildman–Crippen MR) is 58.5 cm³/mol. The topological polar surface area (TPSA) is 52.1 Å². The summed E-state index contributed by atoms with van der Waals surface area (Å²) in [6.07, 6.45) is 4.95. The number of aromatic nitrogens is 2. The van der Waals surface area contributed by atoms with Crippen LogP contribution in [-0.2, 0) is 9.53 Å². The standard InChI is InChI=1S/C10H14N2O2S/c1-7(10(13)14-3)8(2)15-9-6-11-4-5-12-9/h4-8H,1-3H3. The first-order chi connectivity index (χ1) is 7.15. The van der Waals surface area contributed by atoms with Crippen molar-refractivity contribution >= 4 is 17.7 Å². The summed E-state index contributed by atoms with van der Waals surface area (Å²) in [5, 5.41) is 0.940. The van der Waals surface area contributed by atoms with E-state index in [0.29, 0.717) is 0 Å². The first-order valence-corrected chi connectivity index (χ1v) is 5.53. The highest BCUT2D eigenvalue weighted by Gasteiger charge is 2.21. The van der Waals surface area contributed by atoms with Crippen molar-refractivity contribution in [3.8, 4) is 0 Å². The third kappa shape index (κ3) is 3.51. The smallest absolute Gasteiger partial charge is 0.309 e. The van der Waals surface area contributed by atoms with Gasteiger partial charge in [-0.1, -0.05) is 13.8 Å². The van der Waals surface area contributed by atoms with Gasteiger partial charge in [0.15, 0.2) is 0 Å². The Morgan fingerprint density at radius 1 is 1.47 bits per heavy atom. The van der Waals surface area contributed by atoms with Gasteiger partial charge < -0.3 is 4.74 Å². The largest absolute Gasteiger partial charge is 0.469 e. The zero-order valence-electron chi connectivity index (χ0n) is 9.01. The molecule has 1 heterocycles. The van der Waals surface area contributed by atoms with Gasteiger partial charge in [-0.15, -0.1) is 11.8 Å². The molecule has 1 rings (SSSR count). The number of methoxy groups -OCH3 is 1. The molecular formula is C10H14N2O2S. The van der Waals surface area contributed by atoms with Gasteiger partial charge in [0, 0.05) is 17.6 Å². The van der Waals surface area contributed by atoms with Crippen molar-refractivity contribution in [3.05, 3.63) is 18.6 Å². The number of hydrogen-bond acceptors (Lipinski definition) is 5. The van der Waals surface area contributed by atoms with E-state index in [9.17, 15) is 4.79 Å². The van der Waals surface area contributed by atoms with Crippen molar-refractivity contribution in [2.45, 2.75) is 24.1 Å². The van der Waals surface area contributed by atoms with Crippen LogP contribution in [0.1, 0.15) is 13.8 Å². The summed E-state index contributed by atoms with van der Waals surface area (Å²) < 4.78 is 4.68. The molecule has 5 heteroatoms. The lowest BCUT2D eigenvalue weighted by Crippen LogP contribution is -2.22. The number of esters is 1. The van der Waals surface area contributed by atoms with Crippen LogP contribution < -0.4 is 0 Å².